The van der Waals surface area contributed by atoms with Gasteiger partial charge in [-0.05, 0) is 33.1 Å². The van der Waals surface area contributed by atoms with Crippen LogP contribution in [0.2, 0.25) is 0 Å². The lowest BCUT2D eigenvalue weighted by Crippen LogP contribution is -2.39. The minimum Gasteiger partial charge on any atom is -0.380 e. The number of methoxy groups -OCH3 is 1. The second-order valence-electron chi connectivity index (χ2n) is 5.87. The summed E-state index contributed by atoms with van der Waals surface area (Å²) in [4.78, 5) is 8.90. The van der Waals surface area contributed by atoms with Gasteiger partial charge in [0.2, 0.25) is 0 Å². The summed E-state index contributed by atoms with van der Waals surface area (Å²) in [5.74, 6) is 1.70. The van der Waals surface area contributed by atoms with Gasteiger partial charge in [-0.15, -0.1) is 0 Å². The lowest BCUT2D eigenvalue weighted by molar-refractivity contribution is 0.0232. The van der Waals surface area contributed by atoms with Gasteiger partial charge < -0.3 is 19.3 Å². The summed E-state index contributed by atoms with van der Waals surface area (Å²) in [7, 11) is 1.77. The minimum absolute atomic E-state index is 0.280. The second kappa shape index (κ2) is 7.75. The van der Waals surface area contributed by atoms with Gasteiger partial charge in [0, 0.05) is 33.3 Å². The number of rotatable bonds is 4. The fraction of sp³-hybridized carbons (Fsp3) is 0.867. The molecule has 2 aliphatic heterocycles. The van der Waals surface area contributed by atoms with Crippen molar-refractivity contribution in [2.24, 2.45) is 4.99 Å². The van der Waals surface area contributed by atoms with Crippen molar-refractivity contribution >= 4 is 11.7 Å². The van der Waals surface area contributed by atoms with E-state index >= 15 is 0 Å². The first kappa shape index (κ1) is 16.2. The molecule has 2 rings (SSSR count). The van der Waals surface area contributed by atoms with Gasteiger partial charge in [0.1, 0.15) is 6.73 Å². The molecule has 0 amide bonds. The predicted molar refractivity (Wildman–Crippen MR) is 84.0 cm³/mol. The Morgan fingerprint density at radius 1 is 1.10 bits per heavy atom. The molecule has 1 atom stereocenters. The minimum atomic E-state index is 0.280. The van der Waals surface area contributed by atoms with E-state index in [1.165, 1.54) is 0 Å². The van der Waals surface area contributed by atoms with Gasteiger partial charge in [0.25, 0.3) is 0 Å². The summed E-state index contributed by atoms with van der Waals surface area (Å²) in [6.07, 6.45) is 3.67. The Bertz CT molecular complexity index is 378. The summed E-state index contributed by atoms with van der Waals surface area (Å²) < 4.78 is 11.2. The first-order chi connectivity index (χ1) is 10.1. The van der Waals surface area contributed by atoms with Gasteiger partial charge in [0.15, 0.2) is 0 Å². The maximum Gasteiger partial charge on any atom is 0.139 e. The van der Waals surface area contributed by atoms with Crippen molar-refractivity contribution in [3.8, 4) is 0 Å². The third kappa shape index (κ3) is 4.68. The molecular weight excluding hydrogens is 268 g/mol. The zero-order valence-electron chi connectivity index (χ0n) is 13.5. The Balaban J connectivity index is 1.67. The lowest BCUT2D eigenvalue weighted by atomic mass is 10.1. The Morgan fingerprint density at radius 2 is 1.71 bits per heavy atom. The highest BCUT2D eigenvalue weighted by Crippen LogP contribution is 2.15. The average molecular weight is 296 g/mol. The predicted octanol–water partition coefficient (Wildman–Crippen LogP) is 1.56. The number of piperidine rings is 1. The first-order valence-electron chi connectivity index (χ1n) is 7.80. The van der Waals surface area contributed by atoms with E-state index in [4.69, 9.17) is 14.9 Å². The number of amidine groups is 2. The molecule has 1 N–H and O–H groups in total. The van der Waals surface area contributed by atoms with Crippen LogP contribution in [0.4, 0.5) is 0 Å². The molecule has 0 radical (unpaired) electrons. The van der Waals surface area contributed by atoms with Crippen molar-refractivity contribution in [3.05, 3.63) is 0 Å². The highest BCUT2D eigenvalue weighted by Gasteiger charge is 2.23. The molecule has 6 nitrogen and oxygen atoms in total. The van der Waals surface area contributed by atoms with Crippen LogP contribution in [0, 0.1) is 5.41 Å². The number of nitrogens with zero attached hydrogens (tertiary/aromatic N) is 3. The average Bonchev–Trinajstić information content (AvgIpc) is 2.96. The third-order valence-electron chi connectivity index (χ3n) is 4.46. The lowest BCUT2D eigenvalue weighted by Gasteiger charge is -2.32. The van der Waals surface area contributed by atoms with Gasteiger partial charge in [-0.3, -0.25) is 5.41 Å². The molecule has 1 unspecified atom stereocenters. The van der Waals surface area contributed by atoms with Crippen LogP contribution in [0.15, 0.2) is 4.99 Å². The van der Waals surface area contributed by atoms with E-state index in [0.717, 1.165) is 51.3 Å². The van der Waals surface area contributed by atoms with Gasteiger partial charge in [0.05, 0.1) is 23.9 Å². The van der Waals surface area contributed by atoms with Crippen molar-refractivity contribution in [1.29, 1.82) is 5.41 Å². The molecule has 0 spiro atoms. The molecule has 2 aliphatic rings. The zero-order valence-corrected chi connectivity index (χ0v) is 13.5. The molecule has 120 valence electrons. The van der Waals surface area contributed by atoms with Gasteiger partial charge in [-0.2, -0.15) is 0 Å². The van der Waals surface area contributed by atoms with E-state index in [0.29, 0.717) is 18.7 Å². The highest BCUT2D eigenvalue weighted by atomic mass is 16.5. The normalized spacial score (nSPS) is 24.7. The first-order valence-corrected chi connectivity index (χ1v) is 7.80. The molecule has 0 saturated carbocycles. The van der Waals surface area contributed by atoms with Crippen LogP contribution in [0.25, 0.3) is 0 Å². The molecule has 2 fully saturated rings. The molecule has 0 aliphatic carbocycles. The number of nitrogens with one attached hydrogen (secondary N) is 1. The molecule has 2 saturated heterocycles. The molecular formula is C15H28N4O2. The summed E-state index contributed by atoms with van der Waals surface area (Å²) in [6.45, 7) is 8.12. The third-order valence-corrected chi connectivity index (χ3v) is 4.46. The van der Waals surface area contributed by atoms with E-state index in [9.17, 15) is 0 Å². The quantitative estimate of drug-likeness (QED) is 0.632. The maximum atomic E-state index is 7.62. The second-order valence-corrected chi connectivity index (χ2v) is 5.87. The smallest absolute Gasteiger partial charge is 0.139 e. The van der Waals surface area contributed by atoms with Crippen LogP contribution in [-0.2, 0) is 9.47 Å². The Morgan fingerprint density at radius 3 is 2.29 bits per heavy atom. The SMILES string of the molecule is COC1CCN(C(C)=NCOC2CCN(C(C)=N)CC2)C1. The molecule has 21 heavy (non-hydrogen) atoms. The molecule has 0 aromatic heterocycles. The molecule has 0 aromatic carbocycles. The standard InChI is InChI=1S/C15H28N4O2/c1-12(16)18-7-4-14(5-8-18)21-11-17-13(2)19-9-6-15(10-19)20-3/h14-16H,4-11H2,1-3H3. The summed E-state index contributed by atoms with van der Waals surface area (Å²) >= 11 is 0. The number of ether oxygens (including phenoxy) is 2. The monoisotopic (exact) mass is 296 g/mol. The Hall–Kier alpha value is -1.14. The van der Waals surface area contributed by atoms with E-state index < -0.39 is 0 Å². The van der Waals surface area contributed by atoms with Crippen molar-refractivity contribution in [2.45, 2.75) is 45.3 Å². The van der Waals surface area contributed by atoms with Crippen LogP contribution < -0.4 is 0 Å². The Labute approximate surface area is 127 Å². The van der Waals surface area contributed by atoms with Crippen LogP contribution >= 0.6 is 0 Å². The maximum absolute atomic E-state index is 7.62. The zero-order chi connectivity index (χ0) is 15.2. The van der Waals surface area contributed by atoms with E-state index in [2.05, 4.69) is 14.8 Å². The van der Waals surface area contributed by atoms with E-state index in [-0.39, 0.29) is 6.10 Å². The summed E-state index contributed by atoms with van der Waals surface area (Å²) in [6, 6.07) is 0. The number of hydrogen-bond acceptors (Lipinski definition) is 4. The van der Waals surface area contributed by atoms with E-state index in [1.54, 1.807) is 7.11 Å². The molecule has 6 heteroatoms. The van der Waals surface area contributed by atoms with Crippen LogP contribution in [0.5, 0.6) is 0 Å². The van der Waals surface area contributed by atoms with E-state index in [1.807, 2.05) is 13.8 Å². The number of hydrogen-bond donors (Lipinski definition) is 1. The van der Waals surface area contributed by atoms with Crippen LogP contribution in [0.1, 0.15) is 33.1 Å². The Kier molecular flexibility index (Phi) is 5.99. The fourth-order valence-corrected chi connectivity index (χ4v) is 2.91. The summed E-state index contributed by atoms with van der Waals surface area (Å²) in [5.41, 5.74) is 0. The van der Waals surface area contributed by atoms with Crippen LogP contribution in [-0.4, -0.2) is 73.7 Å². The van der Waals surface area contributed by atoms with Gasteiger partial charge in [-0.25, -0.2) is 4.99 Å². The van der Waals surface area contributed by atoms with Crippen molar-refractivity contribution in [3.63, 3.8) is 0 Å². The molecule has 0 bridgehead atoms. The van der Waals surface area contributed by atoms with Gasteiger partial charge in [-0.1, -0.05) is 0 Å². The summed E-state index contributed by atoms with van der Waals surface area (Å²) in [5, 5.41) is 7.62. The number of aliphatic imine (C=N–C) groups is 1. The van der Waals surface area contributed by atoms with Crippen LogP contribution in [0.3, 0.4) is 0 Å². The molecule has 0 aromatic rings. The fourth-order valence-electron chi connectivity index (χ4n) is 2.91. The van der Waals surface area contributed by atoms with Gasteiger partial charge >= 0.3 is 0 Å². The largest absolute Gasteiger partial charge is 0.380 e. The van der Waals surface area contributed by atoms with Crippen molar-refractivity contribution < 1.29 is 9.47 Å². The van der Waals surface area contributed by atoms with Crippen molar-refractivity contribution in [2.75, 3.05) is 40.0 Å². The van der Waals surface area contributed by atoms with Crippen molar-refractivity contribution in [1.82, 2.24) is 9.80 Å². The topological polar surface area (TPSA) is 61.2 Å². The highest BCUT2D eigenvalue weighted by molar-refractivity contribution is 5.80. The number of likely N-dealkylation sites (tertiary alicyclic amines) is 2. The molecule has 2 heterocycles.